The Morgan fingerprint density at radius 2 is 2.04 bits per heavy atom. The summed E-state index contributed by atoms with van der Waals surface area (Å²) in [6, 6.07) is 3.68. The van der Waals surface area contributed by atoms with Gasteiger partial charge in [-0.25, -0.2) is 0 Å². The molecule has 0 radical (unpaired) electrons. The molecule has 1 aliphatic rings. The van der Waals surface area contributed by atoms with Crippen LogP contribution in [-0.2, 0) is 15.7 Å². The summed E-state index contributed by atoms with van der Waals surface area (Å²) in [5.74, 6) is -0.384. The number of halogens is 3. The average molecular weight is 370 g/mol. The topological polar surface area (TPSA) is 46.5 Å². The predicted octanol–water partition coefficient (Wildman–Crippen LogP) is 4.79. The maximum absolute atomic E-state index is 13.1. The molecule has 0 saturated heterocycles. The molecule has 0 amide bonds. The molecule has 1 aromatic carbocycles. The third kappa shape index (κ3) is 4.67. The Morgan fingerprint density at radius 3 is 2.58 bits per heavy atom. The minimum Gasteiger partial charge on any atom is -0.469 e. The maximum Gasteiger partial charge on any atom is 0.416 e. The molecule has 0 aromatic heterocycles. The Hall–Kier alpha value is -1.82. The van der Waals surface area contributed by atoms with Crippen LogP contribution < -0.4 is 0 Å². The van der Waals surface area contributed by atoms with E-state index in [1.807, 2.05) is 19.9 Å². The van der Waals surface area contributed by atoms with E-state index in [1.54, 1.807) is 0 Å². The van der Waals surface area contributed by atoms with Gasteiger partial charge in [0.25, 0.3) is 0 Å². The van der Waals surface area contributed by atoms with Gasteiger partial charge in [-0.2, -0.15) is 13.2 Å². The van der Waals surface area contributed by atoms with Gasteiger partial charge in [0.05, 0.1) is 25.2 Å². The average Bonchev–Trinajstić information content (AvgIpc) is 3.06. The Bertz CT molecular complexity index is 677. The molecule has 0 spiro atoms. The number of allylic oxidation sites excluding steroid dienone is 1. The van der Waals surface area contributed by atoms with Crippen LogP contribution >= 0.6 is 0 Å². The number of esters is 1. The molecule has 1 N–H and O–H groups in total. The molecule has 3 nitrogen and oxygen atoms in total. The smallest absolute Gasteiger partial charge is 0.416 e. The van der Waals surface area contributed by atoms with Gasteiger partial charge in [0.2, 0.25) is 0 Å². The second-order valence-corrected chi connectivity index (χ2v) is 7.10. The van der Waals surface area contributed by atoms with Crippen molar-refractivity contribution in [2.75, 3.05) is 13.7 Å². The number of hydrogen-bond donors (Lipinski definition) is 1. The zero-order valence-corrected chi connectivity index (χ0v) is 15.3. The van der Waals surface area contributed by atoms with E-state index in [-0.39, 0.29) is 30.3 Å². The number of benzene rings is 1. The van der Waals surface area contributed by atoms with Crippen molar-refractivity contribution in [3.8, 4) is 0 Å². The Labute approximate surface area is 151 Å². The first-order valence-electron chi connectivity index (χ1n) is 8.78. The maximum atomic E-state index is 13.1. The number of carbonyl (C=O) groups excluding carboxylic acids is 1. The first-order chi connectivity index (χ1) is 12.2. The van der Waals surface area contributed by atoms with Crippen LogP contribution in [0.5, 0.6) is 0 Å². The van der Waals surface area contributed by atoms with Gasteiger partial charge in [0.15, 0.2) is 0 Å². The van der Waals surface area contributed by atoms with Gasteiger partial charge >= 0.3 is 12.1 Å². The van der Waals surface area contributed by atoms with Crippen molar-refractivity contribution >= 4 is 11.5 Å². The van der Waals surface area contributed by atoms with Gasteiger partial charge in [-0.05, 0) is 59.9 Å². The summed E-state index contributed by atoms with van der Waals surface area (Å²) in [5.41, 5.74) is 0.949. The van der Waals surface area contributed by atoms with E-state index < -0.39 is 11.7 Å². The van der Waals surface area contributed by atoms with Crippen molar-refractivity contribution in [2.24, 2.45) is 11.8 Å². The fourth-order valence-corrected chi connectivity index (χ4v) is 3.57. The summed E-state index contributed by atoms with van der Waals surface area (Å²) >= 11 is 0. The van der Waals surface area contributed by atoms with E-state index in [2.05, 4.69) is 0 Å². The zero-order valence-electron chi connectivity index (χ0n) is 15.3. The van der Waals surface area contributed by atoms with Gasteiger partial charge in [-0.1, -0.05) is 26.0 Å². The molecule has 2 atom stereocenters. The summed E-state index contributed by atoms with van der Waals surface area (Å²) in [6.45, 7) is 3.47. The summed E-state index contributed by atoms with van der Waals surface area (Å²) in [5, 5.41) is 9.82. The van der Waals surface area contributed by atoms with Gasteiger partial charge in [0, 0.05) is 0 Å². The normalized spacial score (nSPS) is 21.3. The highest BCUT2D eigenvalue weighted by Crippen LogP contribution is 2.38. The molecule has 0 unspecified atom stereocenters. The third-order valence-corrected chi connectivity index (χ3v) is 4.96. The van der Waals surface area contributed by atoms with Crippen LogP contribution in [0.15, 0.2) is 24.3 Å². The standard InChI is InChI=1S/C20H25F3O3/c1-12(2)17-7-6-16(20(21,22)23)10-18(17)15(11-24)9-13-4-5-14(8-13)19(25)26-3/h6-7,9-10,12-14,24H,4-5,8,11H2,1-3H3/b15-9+/t13-,14+/m1/s1. The number of aliphatic hydroxyl groups is 1. The van der Waals surface area contributed by atoms with E-state index in [9.17, 15) is 23.1 Å². The largest absolute Gasteiger partial charge is 0.469 e. The number of hydrogen-bond acceptors (Lipinski definition) is 3. The molecule has 1 fully saturated rings. The summed E-state index contributed by atoms with van der Waals surface area (Å²) < 4.78 is 44.1. The molecule has 6 heteroatoms. The molecule has 1 aromatic rings. The fourth-order valence-electron chi connectivity index (χ4n) is 3.57. The molecule has 2 rings (SSSR count). The van der Waals surface area contributed by atoms with E-state index >= 15 is 0 Å². The second-order valence-electron chi connectivity index (χ2n) is 7.10. The fraction of sp³-hybridized carbons (Fsp3) is 0.550. The molecule has 1 aliphatic carbocycles. The molecular weight excluding hydrogens is 345 g/mol. The number of aliphatic hydroxyl groups excluding tert-OH is 1. The Balaban J connectivity index is 2.38. The molecule has 144 valence electrons. The Kier molecular flexibility index (Phi) is 6.50. The van der Waals surface area contributed by atoms with Crippen molar-refractivity contribution in [3.05, 3.63) is 41.0 Å². The van der Waals surface area contributed by atoms with Gasteiger partial charge in [-0.3, -0.25) is 4.79 Å². The van der Waals surface area contributed by atoms with Crippen LogP contribution in [-0.4, -0.2) is 24.8 Å². The highest BCUT2D eigenvalue weighted by Gasteiger charge is 2.32. The molecule has 0 bridgehead atoms. The molecular formula is C20H25F3O3. The van der Waals surface area contributed by atoms with Crippen LogP contribution in [0.1, 0.15) is 55.7 Å². The van der Waals surface area contributed by atoms with Crippen molar-refractivity contribution in [1.82, 2.24) is 0 Å². The monoisotopic (exact) mass is 370 g/mol. The molecule has 1 saturated carbocycles. The van der Waals surface area contributed by atoms with Gasteiger partial charge in [-0.15, -0.1) is 0 Å². The van der Waals surface area contributed by atoms with Crippen LogP contribution in [0.3, 0.4) is 0 Å². The van der Waals surface area contributed by atoms with Crippen LogP contribution in [0.4, 0.5) is 13.2 Å². The number of rotatable bonds is 5. The lowest BCUT2D eigenvalue weighted by atomic mass is 9.89. The van der Waals surface area contributed by atoms with Crippen LogP contribution in [0, 0.1) is 11.8 Å². The molecule has 0 aliphatic heterocycles. The number of carbonyl (C=O) groups is 1. The van der Waals surface area contributed by atoms with Crippen molar-refractivity contribution in [2.45, 2.75) is 45.2 Å². The van der Waals surface area contributed by atoms with Crippen LogP contribution in [0.2, 0.25) is 0 Å². The number of alkyl halides is 3. The van der Waals surface area contributed by atoms with Crippen molar-refractivity contribution in [1.29, 1.82) is 0 Å². The highest BCUT2D eigenvalue weighted by molar-refractivity contribution is 5.73. The van der Waals surface area contributed by atoms with E-state index in [0.29, 0.717) is 24.0 Å². The van der Waals surface area contributed by atoms with Crippen LogP contribution in [0.25, 0.3) is 5.57 Å². The molecule has 26 heavy (non-hydrogen) atoms. The summed E-state index contributed by atoms with van der Waals surface area (Å²) in [6.07, 6.45) is -0.587. The van der Waals surface area contributed by atoms with Gasteiger partial charge in [0.1, 0.15) is 0 Å². The number of ether oxygens (including phenoxy) is 1. The lowest BCUT2D eigenvalue weighted by Crippen LogP contribution is -2.12. The van der Waals surface area contributed by atoms with E-state index in [1.165, 1.54) is 13.2 Å². The SMILES string of the molecule is COC(=O)[C@H]1CC[C@@H](/C=C(\CO)c2cc(C(F)(F)F)ccc2C(C)C)C1. The zero-order chi connectivity index (χ0) is 19.5. The third-order valence-electron chi connectivity index (χ3n) is 4.96. The van der Waals surface area contributed by atoms with E-state index in [4.69, 9.17) is 4.74 Å². The first-order valence-corrected chi connectivity index (χ1v) is 8.78. The first kappa shape index (κ1) is 20.5. The minimum atomic E-state index is -4.44. The predicted molar refractivity (Wildman–Crippen MR) is 93.4 cm³/mol. The van der Waals surface area contributed by atoms with E-state index in [0.717, 1.165) is 24.1 Å². The molecule has 0 heterocycles. The second kappa shape index (κ2) is 8.25. The van der Waals surface area contributed by atoms with Crippen molar-refractivity contribution < 1.29 is 27.8 Å². The minimum absolute atomic E-state index is 0.0219. The Morgan fingerprint density at radius 1 is 1.35 bits per heavy atom. The quantitative estimate of drug-likeness (QED) is 0.758. The lowest BCUT2D eigenvalue weighted by Gasteiger charge is -2.18. The lowest BCUT2D eigenvalue weighted by molar-refractivity contribution is -0.145. The van der Waals surface area contributed by atoms with Crippen molar-refractivity contribution in [3.63, 3.8) is 0 Å². The summed E-state index contributed by atoms with van der Waals surface area (Å²) in [4.78, 5) is 11.7. The summed E-state index contributed by atoms with van der Waals surface area (Å²) in [7, 11) is 1.35. The highest BCUT2D eigenvalue weighted by atomic mass is 19.4. The number of methoxy groups -OCH3 is 1. The van der Waals surface area contributed by atoms with Gasteiger partial charge < -0.3 is 9.84 Å².